The Morgan fingerprint density at radius 1 is 0.963 bits per heavy atom. The highest BCUT2D eigenvalue weighted by Gasteiger charge is 2.21. The highest BCUT2D eigenvalue weighted by atomic mass is 16.5. The van der Waals surface area contributed by atoms with Gasteiger partial charge < -0.3 is 4.74 Å². The minimum Gasteiger partial charge on any atom is -0.381 e. The summed E-state index contributed by atoms with van der Waals surface area (Å²) in [6.45, 7) is 3.96. The van der Waals surface area contributed by atoms with Crippen LogP contribution in [0, 0.1) is 17.2 Å². The van der Waals surface area contributed by atoms with Crippen molar-refractivity contribution in [1.29, 1.82) is 5.26 Å². The number of allylic oxidation sites excluding steroid dienone is 2. The maximum Gasteiger partial charge on any atom is 0.0991 e. The number of rotatable bonds is 12. The van der Waals surface area contributed by atoms with E-state index < -0.39 is 0 Å². The number of benzene rings is 1. The zero-order chi connectivity index (χ0) is 19.2. The van der Waals surface area contributed by atoms with Crippen LogP contribution in [0.2, 0.25) is 0 Å². The van der Waals surface area contributed by atoms with Crippen LogP contribution in [-0.4, -0.2) is 13.2 Å². The fourth-order valence-corrected chi connectivity index (χ4v) is 4.16. The van der Waals surface area contributed by atoms with E-state index in [1.54, 1.807) is 0 Å². The van der Waals surface area contributed by atoms with Crippen molar-refractivity contribution in [3.05, 3.63) is 47.5 Å². The van der Waals surface area contributed by atoms with Crippen LogP contribution in [0.15, 0.2) is 36.4 Å². The largest absolute Gasteiger partial charge is 0.381 e. The maximum atomic E-state index is 8.92. The van der Waals surface area contributed by atoms with Gasteiger partial charge in [0.2, 0.25) is 0 Å². The number of ether oxygens (including phenoxy) is 1. The number of unbranched alkanes of at least 4 members (excludes halogenated alkanes) is 4. The van der Waals surface area contributed by atoms with Crippen LogP contribution >= 0.6 is 0 Å². The molecule has 1 fully saturated rings. The van der Waals surface area contributed by atoms with Crippen LogP contribution in [0.1, 0.15) is 94.6 Å². The molecule has 0 spiro atoms. The van der Waals surface area contributed by atoms with Crippen molar-refractivity contribution in [2.75, 3.05) is 13.2 Å². The van der Waals surface area contributed by atoms with Gasteiger partial charge >= 0.3 is 0 Å². The summed E-state index contributed by atoms with van der Waals surface area (Å²) in [6.07, 6.45) is 18.6. The van der Waals surface area contributed by atoms with Crippen LogP contribution in [-0.2, 0) is 4.74 Å². The first kappa shape index (κ1) is 21.7. The summed E-state index contributed by atoms with van der Waals surface area (Å²) in [5.41, 5.74) is 2.19. The van der Waals surface area contributed by atoms with Gasteiger partial charge in [0.05, 0.1) is 11.6 Å². The third kappa shape index (κ3) is 8.76. The average molecular weight is 368 g/mol. The SMILES string of the molecule is CC=CCCCCCOCCCCC1CCC(c2ccc(C#N)cc2)CC1. The van der Waals surface area contributed by atoms with Crippen LogP contribution in [0.5, 0.6) is 0 Å². The summed E-state index contributed by atoms with van der Waals surface area (Å²) in [5.74, 6) is 1.61. The quantitative estimate of drug-likeness (QED) is 0.290. The molecule has 1 saturated carbocycles. The molecular formula is C25H37NO. The van der Waals surface area contributed by atoms with Gasteiger partial charge in [-0.15, -0.1) is 0 Å². The van der Waals surface area contributed by atoms with E-state index in [2.05, 4.69) is 37.3 Å². The van der Waals surface area contributed by atoms with E-state index in [4.69, 9.17) is 10.00 Å². The third-order valence-electron chi connectivity index (χ3n) is 5.90. The predicted octanol–water partition coefficient (Wildman–Crippen LogP) is 7.16. The normalized spacial score (nSPS) is 20.0. The molecule has 0 saturated heterocycles. The summed E-state index contributed by atoms with van der Waals surface area (Å²) in [4.78, 5) is 0. The fourth-order valence-electron chi connectivity index (χ4n) is 4.16. The van der Waals surface area contributed by atoms with Crippen molar-refractivity contribution in [1.82, 2.24) is 0 Å². The molecule has 0 heterocycles. The molecule has 2 heteroatoms. The molecule has 2 rings (SSSR count). The zero-order valence-electron chi connectivity index (χ0n) is 17.2. The molecule has 0 unspecified atom stereocenters. The molecular weight excluding hydrogens is 330 g/mol. The van der Waals surface area contributed by atoms with Crippen LogP contribution in [0.3, 0.4) is 0 Å². The Bertz CT molecular complexity index is 561. The Labute approximate surface area is 166 Å². The van der Waals surface area contributed by atoms with Gasteiger partial charge in [0.15, 0.2) is 0 Å². The molecule has 0 aliphatic heterocycles. The molecule has 0 aromatic heterocycles. The van der Waals surface area contributed by atoms with E-state index in [9.17, 15) is 0 Å². The molecule has 27 heavy (non-hydrogen) atoms. The lowest BCUT2D eigenvalue weighted by atomic mass is 9.77. The van der Waals surface area contributed by atoms with Gasteiger partial charge in [0.25, 0.3) is 0 Å². The Hall–Kier alpha value is -1.59. The standard InChI is InChI=1S/C25H37NO/c1-2-3-4-5-6-8-19-27-20-9-7-10-22-11-15-24(16-12-22)25-17-13-23(21-26)14-18-25/h2-3,13-14,17-18,22,24H,4-12,15-16,19-20H2,1H3. The minimum atomic E-state index is 0.699. The molecule has 1 aliphatic rings. The number of hydrogen-bond acceptors (Lipinski definition) is 2. The topological polar surface area (TPSA) is 33.0 Å². The first-order chi connectivity index (χ1) is 13.3. The average Bonchev–Trinajstić information content (AvgIpc) is 2.72. The van der Waals surface area contributed by atoms with Gasteiger partial charge in [-0.25, -0.2) is 0 Å². The monoisotopic (exact) mass is 367 g/mol. The van der Waals surface area contributed by atoms with Crippen molar-refractivity contribution in [2.24, 2.45) is 5.92 Å². The molecule has 0 atom stereocenters. The lowest BCUT2D eigenvalue weighted by Crippen LogP contribution is -2.13. The summed E-state index contributed by atoms with van der Waals surface area (Å²) in [6, 6.07) is 10.4. The molecule has 0 bridgehead atoms. The van der Waals surface area contributed by atoms with E-state index in [1.165, 1.54) is 76.2 Å². The summed E-state index contributed by atoms with van der Waals surface area (Å²) >= 11 is 0. The summed E-state index contributed by atoms with van der Waals surface area (Å²) in [5, 5.41) is 8.92. The predicted molar refractivity (Wildman–Crippen MR) is 114 cm³/mol. The van der Waals surface area contributed by atoms with E-state index in [1.807, 2.05) is 12.1 Å². The second-order valence-electron chi connectivity index (χ2n) is 7.98. The molecule has 0 radical (unpaired) electrons. The molecule has 1 aromatic carbocycles. The smallest absolute Gasteiger partial charge is 0.0991 e. The molecule has 2 nitrogen and oxygen atoms in total. The Balaban J connectivity index is 1.46. The third-order valence-corrected chi connectivity index (χ3v) is 5.90. The number of hydrogen-bond donors (Lipinski definition) is 0. The number of nitrogens with zero attached hydrogens (tertiary/aromatic N) is 1. The fraction of sp³-hybridized carbons (Fsp3) is 0.640. The van der Waals surface area contributed by atoms with Crippen molar-refractivity contribution in [3.63, 3.8) is 0 Å². The van der Waals surface area contributed by atoms with Crippen molar-refractivity contribution in [3.8, 4) is 6.07 Å². The Morgan fingerprint density at radius 2 is 1.67 bits per heavy atom. The highest BCUT2D eigenvalue weighted by molar-refractivity contribution is 5.33. The molecule has 0 amide bonds. The van der Waals surface area contributed by atoms with Crippen LogP contribution in [0.4, 0.5) is 0 Å². The van der Waals surface area contributed by atoms with E-state index >= 15 is 0 Å². The van der Waals surface area contributed by atoms with E-state index in [0.29, 0.717) is 5.92 Å². The van der Waals surface area contributed by atoms with E-state index in [-0.39, 0.29) is 0 Å². The number of nitriles is 1. The zero-order valence-corrected chi connectivity index (χ0v) is 17.2. The van der Waals surface area contributed by atoms with Crippen LogP contribution < -0.4 is 0 Å². The Kier molecular flexibility index (Phi) is 10.9. The Morgan fingerprint density at radius 3 is 2.33 bits per heavy atom. The molecule has 148 valence electrons. The maximum absolute atomic E-state index is 8.92. The van der Waals surface area contributed by atoms with Crippen molar-refractivity contribution in [2.45, 2.75) is 83.5 Å². The van der Waals surface area contributed by atoms with Crippen molar-refractivity contribution < 1.29 is 4.74 Å². The first-order valence-corrected chi connectivity index (χ1v) is 11.0. The van der Waals surface area contributed by atoms with Gasteiger partial charge in [-0.1, -0.05) is 43.5 Å². The van der Waals surface area contributed by atoms with Gasteiger partial charge in [0.1, 0.15) is 0 Å². The molecule has 1 aromatic rings. The van der Waals surface area contributed by atoms with E-state index in [0.717, 1.165) is 24.7 Å². The summed E-state index contributed by atoms with van der Waals surface area (Å²) < 4.78 is 5.78. The van der Waals surface area contributed by atoms with Gasteiger partial charge in [-0.3, -0.25) is 0 Å². The molecule has 1 aliphatic carbocycles. The first-order valence-electron chi connectivity index (χ1n) is 11.0. The summed E-state index contributed by atoms with van der Waals surface area (Å²) in [7, 11) is 0. The molecule has 0 N–H and O–H groups in total. The van der Waals surface area contributed by atoms with Gasteiger partial charge in [-0.2, -0.15) is 5.26 Å². The second kappa shape index (κ2) is 13.6. The lowest BCUT2D eigenvalue weighted by Gasteiger charge is -2.29. The second-order valence-corrected chi connectivity index (χ2v) is 7.98. The van der Waals surface area contributed by atoms with Crippen LogP contribution in [0.25, 0.3) is 0 Å². The highest BCUT2D eigenvalue weighted by Crippen LogP contribution is 2.37. The van der Waals surface area contributed by atoms with Gasteiger partial charge in [-0.05, 0) is 87.8 Å². The van der Waals surface area contributed by atoms with Gasteiger partial charge in [0, 0.05) is 13.2 Å². The lowest BCUT2D eigenvalue weighted by molar-refractivity contribution is 0.124. The van der Waals surface area contributed by atoms with Crippen molar-refractivity contribution >= 4 is 0 Å². The minimum absolute atomic E-state index is 0.699.